The first-order chi connectivity index (χ1) is 26.6. The highest BCUT2D eigenvalue weighted by atomic mass is 16.3. The minimum absolute atomic E-state index is 0.0346. The highest BCUT2D eigenvalue weighted by molar-refractivity contribution is 6.16. The van der Waals surface area contributed by atoms with E-state index < -0.39 is 0 Å². The molecule has 0 aliphatic heterocycles. The van der Waals surface area contributed by atoms with Crippen LogP contribution in [-0.4, -0.2) is 9.55 Å². The number of fused-ring (bicyclic) bond motifs is 9. The Morgan fingerprint density at radius 3 is 2.15 bits per heavy atom. The minimum atomic E-state index is -0.159. The van der Waals surface area contributed by atoms with Gasteiger partial charge >= 0.3 is 0 Å². The van der Waals surface area contributed by atoms with Crippen LogP contribution in [-0.2, 0) is 5.41 Å². The fourth-order valence-corrected chi connectivity index (χ4v) is 9.32. The van der Waals surface area contributed by atoms with Gasteiger partial charge in [-0.25, -0.2) is 0 Å². The highest BCUT2D eigenvalue weighted by Crippen LogP contribution is 2.55. The summed E-state index contributed by atoms with van der Waals surface area (Å²) < 4.78 is 9.00. The van der Waals surface area contributed by atoms with Gasteiger partial charge in [0.15, 0.2) is 0 Å². The zero-order valence-electron chi connectivity index (χ0n) is 32.1. The van der Waals surface area contributed by atoms with E-state index in [1.165, 1.54) is 55.2 Å². The van der Waals surface area contributed by atoms with Gasteiger partial charge in [-0.15, -0.1) is 0 Å². The highest BCUT2D eigenvalue weighted by Gasteiger charge is 2.39. The van der Waals surface area contributed by atoms with Crippen LogP contribution in [0.25, 0.3) is 82.8 Å². The SMILES string of the molecule is CC(C)c1cccc2c3c4c(cc(C(C)C)c3n(-c3cccc(-c5ccc6c(=O)c7cc(-c8cccnc8)ccc7oc6c5)c3)c12)-c1ccccc1C4(C)C. The predicted octanol–water partition coefficient (Wildman–Crippen LogP) is 13.3. The Bertz CT molecular complexity index is 3090. The molecule has 0 atom stereocenters. The maximum atomic E-state index is 13.9. The third-order valence-corrected chi connectivity index (χ3v) is 12.0. The number of benzene rings is 6. The Kier molecular flexibility index (Phi) is 7.35. The van der Waals surface area contributed by atoms with Crippen molar-refractivity contribution in [3.63, 3.8) is 0 Å². The van der Waals surface area contributed by atoms with Crippen LogP contribution < -0.4 is 5.43 Å². The first-order valence-electron chi connectivity index (χ1n) is 19.4. The van der Waals surface area contributed by atoms with Crippen LogP contribution >= 0.6 is 0 Å². The van der Waals surface area contributed by atoms with E-state index in [9.17, 15) is 4.79 Å². The maximum Gasteiger partial charge on any atom is 0.200 e. The Morgan fingerprint density at radius 2 is 1.35 bits per heavy atom. The summed E-state index contributed by atoms with van der Waals surface area (Å²) in [5.41, 5.74) is 16.8. The molecule has 10 rings (SSSR count). The minimum Gasteiger partial charge on any atom is -0.456 e. The Morgan fingerprint density at radius 1 is 0.600 bits per heavy atom. The van der Waals surface area contributed by atoms with Crippen LogP contribution in [0.3, 0.4) is 0 Å². The molecule has 268 valence electrons. The molecule has 0 bridgehead atoms. The average molecular weight is 715 g/mol. The maximum absolute atomic E-state index is 13.9. The van der Waals surface area contributed by atoms with Gasteiger partial charge in [0, 0.05) is 39.8 Å². The molecule has 0 saturated carbocycles. The third kappa shape index (κ3) is 4.90. The Hall–Kier alpha value is -6.26. The van der Waals surface area contributed by atoms with Crippen molar-refractivity contribution in [2.45, 2.75) is 58.8 Å². The predicted molar refractivity (Wildman–Crippen MR) is 229 cm³/mol. The molecule has 1 aliphatic rings. The monoisotopic (exact) mass is 714 g/mol. The van der Waals surface area contributed by atoms with Gasteiger partial charge in [-0.1, -0.05) is 114 Å². The first kappa shape index (κ1) is 33.3. The van der Waals surface area contributed by atoms with Gasteiger partial charge in [-0.2, -0.15) is 0 Å². The number of para-hydroxylation sites is 1. The summed E-state index contributed by atoms with van der Waals surface area (Å²) in [5.74, 6) is 0.630. The van der Waals surface area contributed by atoms with E-state index in [4.69, 9.17) is 4.42 Å². The summed E-state index contributed by atoms with van der Waals surface area (Å²) >= 11 is 0. The summed E-state index contributed by atoms with van der Waals surface area (Å²) in [6, 6.07) is 42.8. The largest absolute Gasteiger partial charge is 0.456 e. The quantitative estimate of drug-likeness (QED) is 0.167. The number of aromatic nitrogens is 2. The van der Waals surface area contributed by atoms with Crippen molar-refractivity contribution in [3.05, 3.63) is 166 Å². The van der Waals surface area contributed by atoms with Crippen molar-refractivity contribution in [3.8, 4) is 39.1 Å². The molecule has 0 fully saturated rings. The Balaban J connectivity index is 1.20. The van der Waals surface area contributed by atoms with E-state index in [-0.39, 0.29) is 10.8 Å². The normalized spacial score (nSPS) is 13.5. The zero-order chi connectivity index (χ0) is 37.7. The molecule has 0 amide bonds. The van der Waals surface area contributed by atoms with Gasteiger partial charge < -0.3 is 8.98 Å². The molecule has 3 heterocycles. The smallest absolute Gasteiger partial charge is 0.200 e. The second kappa shape index (κ2) is 12.1. The summed E-state index contributed by atoms with van der Waals surface area (Å²) in [6.07, 6.45) is 3.56. The van der Waals surface area contributed by atoms with Gasteiger partial charge in [0.2, 0.25) is 5.43 Å². The molecule has 1 aliphatic carbocycles. The summed E-state index contributed by atoms with van der Waals surface area (Å²) in [4.78, 5) is 18.1. The fourth-order valence-electron chi connectivity index (χ4n) is 9.32. The number of pyridine rings is 1. The first-order valence-corrected chi connectivity index (χ1v) is 19.4. The standard InChI is InChI=1S/C51H42N2O2/c1-29(2)36-16-10-17-39-46-47-41(37-15-7-8-18-43(37)51(47,5)6)27-40(30(3)4)49(46)53(48(36)39)35-14-9-12-31(24-35)33-19-21-38-45(26-33)55-44-22-20-32(25-42(44)50(38)54)34-13-11-23-52-28-34/h7-30H,1-6H3. The van der Waals surface area contributed by atoms with E-state index in [0.717, 1.165) is 27.9 Å². The van der Waals surface area contributed by atoms with E-state index in [2.05, 4.69) is 124 Å². The van der Waals surface area contributed by atoms with Crippen LogP contribution in [0.4, 0.5) is 0 Å². The molecule has 3 aromatic heterocycles. The number of nitrogens with zero attached hydrogens (tertiary/aromatic N) is 2. The average Bonchev–Trinajstić information content (AvgIpc) is 3.66. The number of hydrogen-bond donors (Lipinski definition) is 0. The van der Waals surface area contributed by atoms with Crippen molar-refractivity contribution >= 4 is 43.7 Å². The molecule has 0 spiro atoms. The van der Waals surface area contributed by atoms with Crippen LogP contribution in [0.2, 0.25) is 0 Å². The number of hydrogen-bond acceptors (Lipinski definition) is 3. The van der Waals surface area contributed by atoms with Crippen molar-refractivity contribution in [2.75, 3.05) is 0 Å². The molecule has 0 N–H and O–H groups in total. The van der Waals surface area contributed by atoms with E-state index in [1.54, 1.807) is 6.20 Å². The molecule has 9 aromatic rings. The summed E-state index contributed by atoms with van der Waals surface area (Å²) in [7, 11) is 0. The lowest BCUT2D eigenvalue weighted by atomic mass is 9.79. The Labute approximate surface area is 320 Å². The van der Waals surface area contributed by atoms with Crippen LogP contribution in [0.15, 0.2) is 143 Å². The summed E-state index contributed by atoms with van der Waals surface area (Å²) in [6.45, 7) is 14.0. The van der Waals surface area contributed by atoms with Gasteiger partial charge in [0.1, 0.15) is 11.2 Å². The summed E-state index contributed by atoms with van der Waals surface area (Å²) in [5, 5.41) is 3.79. The molecule has 0 radical (unpaired) electrons. The molecule has 55 heavy (non-hydrogen) atoms. The third-order valence-electron chi connectivity index (χ3n) is 12.0. The second-order valence-corrected chi connectivity index (χ2v) is 16.3. The van der Waals surface area contributed by atoms with Crippen LogP contribution in [0.5, 0.6) is 0 Å². The van der Waals surface area contributed by atoms with Crippen molar-refractivity contribution in [1.29, 1.82) is 0 Å². The van der Waals surface area contributed by atoms with Gasteiger partial charge in [-0.05, 0) is 110 Å². The molecular weight excluding hydrogens is 673 g/mol. The molecule has 4 heteroatoms. The lowest BCUT2D eigenvalue weighted by Crippen LogP contribution is -2.15. The van der Waals surface area contributed by atoms with Crippen molar-refractivity contribution < 1.29 is 4.42 Å². The van der Waals surface area contributed by atoms with Crippen molar-refractivity contribution in [1.82, 2.24) is 9.55 Å². The van der Waals surface area contributed by atoms with Gasteiger partial charge in [0.25, 0.3) is 0 Å². The topological polar surface area (TPSA) is 48.0 Å². The van der Waals surface area contributed by atoms with Crippen LogP contribution in [0, 0.1) is 0 Å². The van der Waals surface area contributed by atoms with E-state index >= 15 is 0 Å². The van der Waals surface area contributed by atoms with E-state index in [1.807, 2.05) is 54.7 Å². The van der Waals surface area contributed by atoms with Crippen LogP contribution in [0.1, 0.15) is 75.6 Å². The second-order valence-electron chi connectivity index (χ2n) is 16.3. The lowest BCUT2D eigenvalue weighted by Gasteiger charge is -2.24. The van der Waals surface area contributed by atoms with Crippen molar-refractivity contribution in [2.24, 2.45) is 0 Å². The molecule has 4 nitrogen and oxygen atoms in total. The molecule has 6 aromatic carbocycles. The van der Waals surface area contributed by atoms with Gasteiger partial charge in [-0.3, -0.25) is 9.78 Å². The molecular formula is C51H42N2O2. The van der Waals surface area contributed by atoms with E-state index in [0.29, 0.717) is 33.8 Å². The number of rotatable bonds is 5. The van der Waals surface area contributed by atoms with Gasteiger partial charge in [0.05, 0.1) is 21.8 Å². The lowest BCUT2D eigenvalue weighted by molar-refractivity contribution is 0.660. The molecule has 0 saturated heterocycles. The fraction of sp³-hybridized carbons (Fsp3) is 0.176. The zero-order valence-corrected chi connectivity index (χ0v) is 32.1. The molecule has 0 unspecified atom stereocenters.